The molecule has 0 unspecified atom stereocenters. The second-order valence-corrected chi connectivity index (χ2v) is 8.61. The van der Waals surface area contributed by atoms with E-state index in [1.807, 2.05) is 0 Å². The molecule has 0 bridgehead atoms. The summed E-state index contributed by atoms with van der Waals surface area (Å²) in [6.45, 7) is 4.72. The molecule has 29 heavy (non-hydrogen) atoms. The molecule has 1 saturated heterocycles. The normalized spacial score (nSPS) is 19.1. The summed E-state index contributed by atoms with van der Waals surface area (Å²) >= 11 is 0. The third-order valence-electron chi connectivity index (χ3n) is 6.06. The molecular weight excluding hydrogens is 362 g/mol. The zero-order chi connectivity index (χ0) is 21.0. The Labute approximate surface area is 177 Å². The maximum absolute atomic E-state index is 8.63. The molecule has 0 aliphatic carbocycles. The van der Waals surface area contributed by atoms with Crippen LogP contribution in [0.2, 0.25) is 0 Å². The highest BCUT2D eigenvalue weighted by Gasteiger charge is 2.30. The molecule has 0 saturated carbocycles. The van der Waals surface area contributed by atoms with Crippen molar-refractivity contribution in [1.29, 1.82) is 0 Å². The van der Waals surface area contributed by atoms with Crippen molar-refractivity contribution in [3.05, 3.63) is 20.9 Å². The molecule has 0 N–H and O–H groups in total. The molecule has 1 heterocycles. The van der Waals surface area contributed by atoms with Crippen LogP contribution < -0.4 is 0 Å². The van der Waals surface area contributed by atoms with Gasteiger partial charge in [-0.3, -0.25) is 0 Å². The summed E-state index contributed by atoms with van der Waals surface area (Å²) in [5.41, 5.74) is 17.3. The Balaban J connectivity index is 1.86. The summed E-state index contributed by atoms with van der Waals surface area (Å²) in [6, 6.07) is -0.422. The Morgan fingerprint density at radius 2 is 0.966 bits per heavy atom. The fourth-order valence-corrected chi connectivity index (χ4v) is 4.27. The summed E-state index contributed by atoms with van der Waals surface area (Å²) in [6.07, 6.45) is 22.0. The third-order valence-corrected chi connectivity index (χ3v) is 6.06. The summed E-state index contributed by atoms with van der Waals surface area (Å²) in [5, 5.41) is 7.54. The lowest BCUT2D eigenvalue weighted by Gasteiger charge is -2.14. The molecule has 1 aliphatic rings. The van der Waals surface area contributed by atoms with E-state index in [1.54, 1.807) is 0 Å². The smallest absolute Gasteiger partial charge is 0.0597 e. The number of hydrogen-bond acceptors (Lipinski definition) is 3. The van der Waals surface area contributed by atoms with Crippen molar-refractivity contribution in [2.45, 2.75) is 122 Å². The van der Waals surface area contributed by atoms with Crippen molar-refractivity contribution in [2.24, 2.45) is 10.2 Å². The standard InChI is InChI=1S/C22H43N7/c1-2-3-4-5-6-7-8-9-10-11-12-13-14-15-16-17-18-29-19-21(25-27-23)22(20-29)26-28-24/h21-22H,2-20H2,1H3/t21-,22-/m0/s1. The Morgan fingerprint density at radius 3 is 1.31 bits per heavy atom. The lowest BCUT2D eigenvalue weighted by molar-refractivity contribution is 0.320. The van der Waals surface area contributed by atoms with Gasteiger partial charge in [0.25, 0.3) is 0 Å². The minimum atomic E-state index is -0.211. The molecule has 1 aliphatic heterocycles. The number of unbranched alkanes of at least 4 members (excludes halogenated alkanes) is 15. The minimum Gasteiger partial charge on any atom is -0.302 e. The second kappa shape index (κ2) is 18.6. The van der Waals surface area contributed by atoms with Crippen LogP contribution in [-0.2, 0) is 0 Å². The molecule has 1 fully saturated rings. The first-order valence-electron chi connectivity index (χ1n) is 12.1. The van der Waals surface area contributed by atoms with Gasteiger partial charge in [-0.2, -0.15) is 0 Å². The second-order valence-electron chi connectivity index (χ2n) is 8.61. The van der Waals surface area contributed by atoms with Gasteiger partial charge in [0.1, 0.15) is 0 Å². The van der Waals surface area contributed by atoms with Gasteiger partial charge >= 0.3 is 0 Å². The van der Waals surface area contributed by atoms with E-state index in [9.17, 15) is 0 Å². The molecule has 2 atom stereocenters. The SMILES string of the molecule is CCCCCCCCCCCCCCCCCCN1C[C@H](N=[N+]=[N-])[C@@H](N=[N+]=[N-])C1. The molecule has 0 aromatic heterocycles. The van der Waals surface area contributed by atoms with Crippen molar-refractivity contribution in [3.8, 4) is 0 Å². The zero-order valence-electron chi connectivity index (χ0n) is 18.7. The maximum Gasteiger partial charge on any atom is 0.0597 e. The van der Waals surface area contributed by atoms with Crippen LogP contribution in [0.15, 0.2) is 10.2 Å². The van der Waals surface area contributed by atoms with Crippen molar-refractivity contribution < 1.29 is 0 Å². The Bertz CT molecular complexity index is 458. The lowest BCUT2D eigenvalue weighted by Crippen LogP contribution is -2.22. The highest BCUT2D eigenvalue weighted by atomic mass is 15.3. The first-order valence-corrected chi connectivity index (χ1v) is 12.1. The fraction of sp³-hybridized carbons (Fsp3) is 1.00. The van der Waals surface area contributed by atoms with Crippen LogP contribution in [0.4, 0.5) is 0 Å². The first-order chi connectivity index (χ1) is 14.3. The van der Waals surface area contributed by atoms with Crippen molar-refractivity contribution in [1.82, 2.24) is 4.90 Å². The molecular formula is C22H43N7. The van der Waals surface area contributed by atoms with Crippen LogP contribution in [0.1, 0.15) is 110 Å². The molecule has 0 radical (unpaired) electrons. The summed E-state index contributed by atoms with van der Waals surface area (Å²) < 4.78 is 0. The predicted molar refractivity (Wildman–Crippen MR) is 122 cm³/mol. The van der Waals surface area contributed by atoms with E-state index in [-0.39, 0.29) is 12.1 Å². The van der Waals surface area contributed by atoms with Gasteiger partial charge in [0.2, 0.25) is 0 Å². The molecule has 0 aromatic carbocycles. The summed E-state index contributed by atoms with van der Waals surface area (Å²) in [7, 11) is 0. The summed E-state index contributed by atoms with van der Waals surface area (Å²) in [5.74, 6) is 0. The average Bonchev–Trinajstić information content (AvgIpc) is 3.09. The van der Waals surface area contributed by atoms with Crippen molar-refractivity contribution in [3.63, 3.8) is 0 Å². The van der Waals surface area contributed by atoms with Gasteiger partial charge in [-0.25, -0.2) is 0 Å². The molecule has 1 rings (SSSR count). The van der Waals surface area contributed by atoms with Crippen molar-refractivity contribution in [2.75, 3.05) is 19.6 Å². The monoisotopic (exact) mass is 405 g/mol. The van der Waals surface area contributed by atoms with E-state index in [1.165, 1.54) is 103 Å². The number of hydrogen-bond donors (Lipinski definition) is 0. The van der Waals surface area contributed by atoms with Gasteiger partial charge < -0.3 is 4.90 Å². The van der Waals surface area contributed by atoms with Gasteiger partial charge in [-0.1, -0.05) is 113 Å². The Kier molecular flexibility index (Phi) is 16.4. The zero-order valence-corrected chi connectivity index (χ0v) is 18.7. The van der Waals surface area contributed by atoms with Crippen molar-refractivity contribution >= 4 is 0 Å². The molecule has 0 aromatic rings. The third kappa shape index (κ3) is 13.4. The number of rotatable bonds is 19. The highest BCUT2D eigenvalue weighted by molar-refractivity contribution is 4.94. The lowest BCUT2D eigenvalue weighted by atomic mass is 10.0. The van der Waals surface area contributed by atoms with E-state index < -0.39 is 0 Å². The number of likely N-dealkylation sites (tertiary alicyclic amines) is 1. The summed E-state index contributed by atoms with van der Waals surface area (Å²) in [4.78, 5) is 8.02. The highest BCUT2D eigenvalue weighted by Crippen LogP contribution is 2.19. The number of nitrogens with zero attached hydrogens (tertiary/aromatic N) is 7. The molecule has 7 nitrogen and oxygen atoms in total. The van der Waals surface area contributed by atoms with Crippen LogP contribution in [0.25, 0.3) is 20.9 Å². The largest absolute Gasteiger partial charge is 0.302 e. The van der Waals surface area contributed by atoms with Gasteiger partial charge in [0.05, 0.1) is 12.1 Å². The quantitative estimate of drug-likeness (QED) is 0.0926. The first kappa shape index (κ1) is 25.6. The van der Waals surface area contributed by atoms with E-state index in [4.69, 9.17) is 11.1 Å². The van der Waals surface area contributed by atoms with E-state index >= 15 is 0 Å². The molecule has 7 heteroatoms. The Hall–Kier alpha value is -1.42. The minimum absolute atomic E-state index is 0.211. The van der Waals surface area contributed by atoms with Crippen LogP contribution in [-0.4, -0.2) is 36.6 Å². The predicted octanol–water partition coefficient (Wildman–Crippen LogP) is 7.92. The van der Waals surface area contributed by atoms with Crippen LogP contribution in [0.5, 0.6) is 0 Å². The number of azide groups is 2. The topological polar surface area (TPSA) is 101 Å². The Morgan fingerprint density at radius 1 is 0.621 bits per heavy atom. The average molecular weight is 406 g/mol. The van der Waals surface area contributed by atoms with Gasteiger partial charge in [0.15, 0.2) is 0 Å². The van der Waals surface area contributed by atoms with Crippen LogP contribution in [0, 0.1) is 0 Å². The molecule has 166 valence electrons. The fourth-order valence-electron chi connectivity index (χ4n) is 4.27. The molecule has 0 spiro atoms. The van der Waals surface area contributed by atoms with E-state index in [0.717, 1.165) is 6.54 Å². The van der Waals surface area contributed by atoms with Gasteiger partial charge in [-0.15, -0.1) is 0 Å². The van der Waals surface area contributed by atoms with Gasteiger partial charge in [-0.05, 0) is 24.0 Å². The van der Waals surface area contributed by atoms with Crippen LogP contribution in [0.3, 0.4) is 0 Å². The van der Waals surface area contributed by atoms with E-state index in [0.29, 0.717) is 13.1 Å². The van der Waals surface area contributed by atoms with Gasteiger partial charge in [0, 0.05) is 22.9 Å². The van der Waals surface area contributed by atoms with E-state index in [2.05, 4.69) is 31.9 Å². The maximum atomic E-state index is 8.63. The molecule has 0 amide bonds. The van der Waals surface area contributed by atoms with Crippen LogP contribution >= 0.6 is 0 Å².